The first-order valence-electron chi connectivity index (χ1n) is 6.26. The summed E-state index contributed by atoms with van der Waals surface area (Å²) in [6.07, 6.45) is 1.79. The highest BCUT2D eigenvalue weighted by Crippen LogP contribution is 2.25. The lowest BCUT2D eigenvalue weighted by Crippen LogP contribution is -2.46. The van der Waals surface area contributed by atoms with Gasteiger partial charge in [-0.15, -0.1) is 6.58 Å². The number of rotatable bonds is 7. The van der Waals surface area contributed by atoms with E-state index in [2.05, 4.69) is 6.58 Å². The summed E-state index contributed by atoms with van der Waals surface area (Å²) in [5, 5.41) is 27.5. The molecule has 0 spiro atoms. The SMILES string of the molecule is C=CCN(CCO)C(=O)[C@@H](N)Cc1ccc(O)c(O)c1. The first-order chi connectivity index (χ1) is 9.49. The Hall–Kier alpha value is -2.05. The van der Waals surface area contributed by atoms with Gasteiger partial charge in [0.1, 0.15) is 0 Å². The number of aromatic hydroxyl groups is 2. The topological polar surface area (TPSA) is 107 Å². The van der Waals surface area contributed by atoms with Crippen LogP contribution in [-0.4, -0.2) is 51.9 Å². The van der Waals surface area contributed by atoms with Crippen LogP contribution < -0.4 is 5.73 Å². The van der Waals surface area contributed by atoms with Crippen molar-refractivity contribution in [2.45, 2.75) is 12.5 Å². The molecule has 6 heteroatoms. The van der Waals surface area contributed by atoms with Crippen molar-refractivity contribution >= 4 is 5.91 Å². The standard InChI is InChI=1S/C14H20N2O4/c1-2-5-16(6-7-17)14(20)11(15)8-10-3-4-12(18)13(19)9-10/h2-4,9,11,17-19H,1,5-8,15H2/t11-/m0/s1. The van der Waals surface area contributed by atoms with Crippen molar-refractivity contribution in [1.29, 1.82) is 0 Å². The summed E-state index contributed by atoms with van der Waals surface area (Å²) in [4.78, 5) is 13.5. The second-order valence-electron chi connectivity index (χ2n) is 4.43. The van der Waals surface area contributed by atoms with Crippen LogP contribution in [0.15, 0.2) is 30.9 Å². The van der Waals surface area contributed by atoms with E-state index in [0.717, 1.165) is 0 Å². The maximum absolute atomic E-state index is 12.1. The number of nitrogens with two attached hydrogens (primary N) is 1. The van der Waals surface area contributed by atoms with Gasteiger partial charge >= 0.3 is 0 Å². The van der Waals surface area contributed by atoms with Crippen LogP contribution in [0.4, 0.5) is 0 Å². The number of aliphatic hydroxyl groups excluding tert-OH is 1. The Labute approximate surface area is 117 Å². The van der Waals surface area contributed by atoms with Gasteiger partial charge in [-0.25, -0.2) is 0 Å². The lowest BCUT2D eigenvalue weighted by molar-refractivity contribution is -0.132. The van der Waals surface area contributed by atoms with Gasteiger partial charge in [0.05, 0.1) is 12.6 Å². The molecule has 0 aliphatic rings. The van der Waals surface area contributed by atoms with Crippen LogP contribution in [-0.2, 0) is 11.2 Å². The highest BCUT2D eigenvalue weighted by atomic mass is 16.3. The maximum atomic E-state index is 12.1. The third-order valence-corrected chi connectivity index (χ3v) is 2.84. The summed E-state index contributed by atoms with van der Waals surface area (Å²) in [5.41, 5.74) is 6.49. The van der Waals surface area contributed by atoms with Crippen LogP contribution in [0.2, 0.25) is 0 Å². The minimum absolute atomic E-state index is 0.147. The van der Waals surface area contributed by atoms with Gasteiger partial charge in [0.25, 0.3) is 0 Å². The lowest BCUT2D eigenvalue weighted by Gasteiger charge is -2.23. The van der Waals surface area contributed by atoms with E-state index in [9.17, 15) is 15.0 Å². The Morgan fingerprint density at radius 1 is 1.40 bits per heavy atom. The number of nitrogens with zero attached hydrogens (tertiary/aromatic N) is 1. The summed E-state index contributed by atoms with van der Waals surface area (Å²) in [6.45, 7) is 3.91. The number of hydrogen-bond acceptors (Lipinski definition) is 5. The highest BCUT2D eigenvalue weighted by Gasteiger charge is 2.20. The summed E-state index contributed by atoms with van der Waals surface area (Å²) >= 11 is 0. The molecule has 1 aromatic rings. The van der Waals surface area contributed by atoms with E-state index in [-0.39, 0.29) is 37.0 Å². The molecule has 0 unspecified atom stereocenters. The number of hydrogen-bond donors (Lipinski definition) is 4. The second-order valence-corrected chi connectivity index (χ2v) is 4.43. The molecule has 0 aliphatic carbocycles. The minimum atomic E-state index is -0.787. The van der Waals surface area contributed by atoms with Crippen molar-refractivity contribution < 1.29 is 20.1 Å². The smallest absolute Gasteiger partial charge is 0.240 e. The number of benzene rings is 1. The molecule has 1 atom stereocenters. The predicted molar refractivity (Wildman–Crippen MR) is 75.3 cm³/mol. The van der Waals surface area contributed by atoms with Gasteiger partial charge in [0.15, 0.2) is 11.5 Å². The van der Waals surface area contributed by atoms with Crippen molar-refractivity contribution in [1.82, 2.24) is 4.90 Å². The Kier molecular flexibility index (Phi) is 6.02. The van der Waals surface area contributed by atoms with E-state index in [1.165, 1.54) is 17.0 Å². The van der Waals surface area contributed by atoms with Crippen LogP contribution >= 0.6 is 0 Å². The largest absolute Gasteiger partial charge is 0.504 e. The van der Waals surface area contributed by atoms with Crippen molar-refractivity contribution in [2.75, 3.05) is 19.7 Å². The normalized spacial score (nSPS) is 11.9. The Bertz CT molecular complexity index is 476. The third kappa shape index (κ3) is 4.25. The molecule has 5 N–H and O–H groups in total. The maximum Gasteiger partial charge on any atom is 0.240 e. The number of carbonyl (C=O) groups excluding carboxylic acids is 1. The Morgan fingerprint density at radius 3 is 2.65 bits per heavy atom. The van der Waals surface area contributed by atoms with Gasteiger partial charge in [-0.3, -0.25) is 4.79 Å². The van der Waals surface area contributed by atoms with Crippen LogP contribution in [0.1, 0.15) is 5.56 Å². The molecule has 6 nitrogen and oxygen atoms in total. The molecule has 0 saturated carbocycles. The summed E-state index contributed by atoms with van der Waals surface area (Å²) in [7, 11) is 0. The fourth-order valence-electron chi connectivity index (χ4n) is 1.84. The lowest BCUT2D eigenvalue weighted by atomic mass is 10.0. The fourth-order valence-corrected chi connectivity index (χ4v) is 1.84. The molecule has 110 valence electrons. The molecule has 0 saturated heterocycles. The first-order valence-corrected chi connectivity index (χ1v) is 6.26. The molecule has 1 rings (SSSR count). The molecular formula is C14H20N2O4. The number of aliphatic hydroxyl groups is 1. The van der Waals surface area contributed by atoms with Crippen molar-refractivity contribution in [3.63, 3.8) is 0 Å². The highest BCUT2D eigenvalue weighted by molar-refractivity contribution is 5.82. The average Bonchev–Trinajstić information content (AvgIpc) is 2.42. The number of amides is 1. The monoisotopic (exact) mass is 280 g/mol. The van der Waals surface area contributed by atoms with Gasteiger partial charge in [0, 0.05) is 13.1 Å². The third-order valence-electron chi connectivity index (χ3n) is 2.84. The van der Waals surface area contributed by atoms with E-state index in [1.54, 1.807) is 12.1 Å². The predicted octanol–water partition coefficient (Wildman–Crippen LogP) is -0.0255. The van der Waals surface area contributed by atoms with Crippen molar-refractivity contribution in [3.05, 3.63) is 36.4 Å². The molecule has 1 aromatic carbocycles. The molecule has 0 aliphatic heterocycles. The second kappa shape index (κ2) is 7.52. The zero-order valence-corrected chi connectivity index (χ0v) is 11.2. The van der Waals surface area contributed by atoms with Gasteiger partial charge in [-0.1, -0.05) is 12.1 Å². The van der Waals surface area contributed by atoms with Crippen LogP contribution in [0, 0.1) is 0 Å². The molecule has 0 heterocycles. The Morgan fingerprint density at radius 2 is 2.10 bits per heavy atom. The van der Waals surface area contributed by atoms with E-state index in [1.807, 2.05) is 0 Å². The molecular weight excluding hydrogens is 260 g/mol. The summed E-state index contributed by atoms with van der Waals surface area (Å²) < 4.78 is 0. The van der Waals surface area contributed by atoms with E-state index in [4.69, 9.17) is 10.8 Å². The van der Waals surface area contributed by atoms with Crippen molar-refractivity contribution in [3.8, 4) is 11.5 Å². The van der Waals surface area contributed by atoms with Crippen LogP contribution in [0.25, 0.3) is 0 Å². The average molecular weight is 280 g/mol. The first kappa shape index (κ1) is 16.0. The number of phenolic OH excluding ortho intramolecular Hbond substituents is 2. The van der Waals surface area contributed by atoms with Gasteiger partial charge in [-0.2, -0.15) is 0 Å². The molecule has 1 amide bonds. The quantitative estimate of drug-likeness (QED) is 0.414. The number of carbonyl (C=O) groups is 1. The van der Waals surface area contributed by atoms with Gasteiger partial charge in [-0.05, 0) is 24.1 Å². The summed E-state index contributed by atoms with van der Waals surface area (Å²) in [6, 6.07) is 3.51. The molecule has 0 aromatic heterocycles. The molecule has 0 fully saturated rings. The van der Waals surface area contributed by atoms with E-state index < -0.39 is 6.04 Å². The zero-order chi connectivity index (χ0) is 15.1. The van der Waals surface area contributed by atoms with Gasteiger partial charge in [0.2, 0.25) is 5.91 Å². The zero-order valence-electron chi connectivity index (χ0n) is 11.2. The van der Waals surface area contributed by atoms with Gasteiger partial charge < -0.3 is 26.0 Å². The fraction of sp³-hybridized carbons (Fsp3) is 0.357. The van der Waals surface area contributed by atoms with Crippen LogP contribution in [0.3, 0.4) is 0 Å². The molecule has 20 heavy (non-hydrogen) atoms. The molecule has 0 bridgehead atoms. The van der Waals surface area contributed by atoms with Crippen LogP contribution in [0.5, 0.6) is 11.5 Å². The minimum Gasteiger partial charge on any atom is -0.504 e. The number of phenols is 2. The van der Waals surface area contributed by atoms with E-state index in [0.29, 0.717) is 12.1 Å². The van der Waals surface area contributed by atoms with E-state index >= 15 is 0 Å². The van der Waals surface area contributed by atoms with Crippen molar-refractivity contribution in [2.24, 2.45) is 5.73 Å². The Balaban J connectivity index is 2.72. The molecule has 0 radical (unpaired) electrons. The summed E-state index contributed by atoms with van der Waals surface area (Å²) in [5.74, 6) is -0.769.